The van der Waals surface area contributed by atoms with Crippen molar-refractivity contribution in [2.45, 2.75) is 34.1 Å². The first-order valence-electron chi connectivity index (χ1n) is 5.34. The molecule has 0 amide bonds. The highest BCUT2D eigenvalue weighted by Crippen LogP contribution is 2.14. The molecule has 0 aromatic heterocycles. The van der Waals surface area contributed by atoms with Crippen LogP contribution in [0.25, 0.3) is 0 Å². The van der Waals surface area contributed by atoms with Gasteiger partial charge in [-0.05, 0) is 38.3 Å². The van der Waals surface area contributed by atoms with Crippen LogP contribution in [0.15, 0.2) is 59.8 Å². The van der Waals surface area contributed by atoms with Gasteiger partial charge in [0.2, 0.25) is 0 Å². The van der Waals surface area contributed by atoms with Crippen LogP contribution in [-0.2, 0) is 0 Å². The Balaban J connectivity index is 4.69. The van der Waals surface area contributed by atoms with Crippen molar-refractivity contribution < 1.29 is 0 Å². The summed E-state index contributed by atoms with van der Waals surface area (Å²) in [5.74, 6) is 0. The molecule has 0 aliphatic rings. The van der Waals surface area contributed by atoms with E-state index in [1.165, 1.54) is 11.1 Å². The minimum Gasteiger partial charge on any atom is -0.0961 e. The first-order chi connectivity index (χ1) is 6.97. The maximum absolute atomic E-state index is 4.05. The normalized spacial score (nSPS) is 11.6. The zero-order chi connectivity index (χ0) is 11.8. The molecule has 0 nitrogen and oxygen atoms in total. The number of hydrogen-bond acceptors (Lipinski definition) is 0. The molecule has 0 aromatic carbocycles. The Hall–Kier alpha value is -1.30. The molecule has 0 aliphatic carbocycles. The van der Waals surface area contributed by atoms with E-state index in [1.807, 2.05) is 19.1 Å². The van der Waals surface area contributed by atoms with Gasteiger partial charge in [-0.2, -0.15) is 0 Å². The van der Waals surface area contributed by atoms with Crippen molar-refractivity contribution in [3.05, 3.63) is 59.8 Å². The van der Waals surface area contributed by atoms with E-state index < -0.39 is 0 Å². The Morgan fingerprint density at radius 2 is 1.60 bits per heavy atom. The third kappa shape index (κ3) is 6.73. The maximum atomic E-state index is 4.05. The standard InChI is InChI=1S/C15H22/c1-7-15(11-9-13(4)5)14(6)10-8-12(2)3/h8-11H,2,6-7H2,1,3-5H3/b10-8-,15-11+. The van der Waals surface area contributed by atoms with E-state index in [4.69, 9.17) is 0 Å². The first-order valence-corrected chi connectivity index (χ1v) is 5.34. The van der Waals surface area contributed by atoms with Crippen molar-refractivity contribution in [3.63, 3.8) is 0 Å². The van der Waals surface area contributed by atoms with Crippen LogP contribution in [0.3, 0.4) is 0 Å². The lowest BCUT2D eigenvalue weighted by Gasteiger charge is -2.03. The molecule has 0 spiro atoms. The van der Waals surface area contributed by atoms with E-state index in [9.17, 15) is 0 Å². The van der Waals surface area contributed by atoms with Crippen molar-refractivity contribution in [3.8, 4) is 0 Å². The van der Waals surface area contributed by atoms with Crippen LogP contribution in [0.5, 0.6) is 0 Å². The van der Waals surface area contributed by atoms with Gasteiger partial charge < -0.3 is 0 Å². The van der Waals surface area contributed by atoms with Crippen molar-refractivity contribution >= 4 is 0 Å². The van der Waals surface area contributed by atoms with Gasteiger partial charge in [-0.25, -0.2) is 0 Å². The number of allylic oxidation sites excluding steroid dienone is 8. The van der Waals surface area contributed by atoms with Crippen LogP contribution < -0.4 is 0 Å². The summed E-state index contributed by atoms with van der Waals surface area (Å²) in [7, 11) is 0. The average Bonchev–Trinajstić information content (AvgIpc) is 2.15. The molecule has 0 fully saturated rings. The largest absolute Gasteiger partial charge is 0.0961 e. The summed E-state index contributed by atoms with van der Waals surface area (Å²) >= 11 is 0. The highest BCUT2D eigenvalue weighted by molar-refractivity contribution is 5.41. The average molecular weight is 202 g/mol. The monoisotopic (exact) mass is 202 g/mol. The summed E-state index contributed by atoms with van der Waals surface area (Å²) in [6.45, 7) is 16.2. The van der Waals surface area contributed by atoms with E-state index in [2.05, 4.69) is 46.1 Å². The fraction of sp³-hybridized carbons (Fsp3) is 0.333. The van der Waals surface area contributed by atoms with Crippen molar-refractivity contribution in [1.82, 2.24) is 0 Å². The highest BCUT2D eigenvalue weighted by atomic mass is 14.0. The molecule has 82 valence electrons. The van der Waals surface area contributed by atoms with Gasteiger partial charge in [0.05, 0.1) is 0 Å². The quantitative estimate of drug-likeness (QED) is 0.552. The third-order valence-electron chi connectivity index (χ3n) is 1.98. The molecule has 0 aromatic rings. The molecular weight excluding hydrogens is 180 g/mol. The predicted octanol–water partition coefficient (Wildman–Crippen LogP) is 4.98. The van der Waals surface area contributed by atoms with Crippen LogP contribution in [0.4, 0.5) is 0 Å². The van der Waals surface area contributed by atoms with E-state index in [-0.39, 0.29) is 0 Å². The second kappa shape index (κ2) is 7.05. The summed E-state index contributed by atoms with van der Waals surface area (Å²) < 4.78 is 0. The molecule has 15 heavy (non-hydrogen) atoms. The molecule has 0 saturated heterocycles. The lowest BCUT2D eigenvalue weighted by atomic mass is 10.0. The first kappa shape index (κ1) is 13.7. The van der Waals surface area contributed by atoms with Crippen molar-refractivity contribution in [2.75, 3.05) is 0 Å². The Bertz CT molecular complexity index is 318. The molecule has 0 radical (unpaired) electrons. The summed E-state index contributed by atoms with van der Waals surface area (Å²) in [5, 5.41) is 0. The van der Waals surface area contributed by atoms with Crippen LogP contribution in [0, 0.1) is 0 Å². The zero-order valence-corrected chi connectivity index (χ0v) is 10.4. The van der Waals surface area contributed by atoms with Gasteiger partial charge in [0, 0.05) is 0 Å². The predicted molar refractivity (Wildman–Crippen MR) is 70.9 cm³/mol. The molecule has 0 unspecified atom stereocenters. The fourth-order valence-electron chi connectivity index (χ4n) is 1.07. The van der Waals surface area contributed by atoms with Gasteiger partial charge in [0.15, 0.2) is 0 Å². The summed E-state index contributed by atoms with van der Waals surface area (Å²) in [6, 6.07) is 0. The molecule has 0 aliphatic heterocycles. The van der Waals surface area contributed by atoms with Crippen LogP contribution in [-0.4, -0.2) is 0 Å². The van der Waals surface area contributed by atoms with E-state index in [0.717, 1.165) is 17.6 Å². The topological polar surface area (TPSA) is 0 Å². The van der Waals surface area contributed by atoms with E-state index in [0.29, 0.717) is 0 Å². The number of hydrogen-bond donors (Lipinski definition) is 0. The van der Waals surface area contributed by atoms with Crippen LogP contribution in [0.1, 0.15) is 34.1 Å². The maximum Gasteiger partial charge on any atom is -0.0297 e. The van der Waals surface area contributed by atoms with Crippen LogP contribution >= 0.6 is 0 Å². The Morgan fingerprint density at radius 1 is 1.00 bits per heavy atom. The smallest absolute Gasteiger partial charge is 0.0297 e. The molecular formula is C15H22. The SMILES string of the molecule is C=C(C)/C=C\C(=C)/C(=C/C=C(C)C)CC. The Labute approximate surface area is 94.4 Å². The number of rotatable bonds is 5. The Morgan fingerprint density at radius 3 is 2.00 bits per heavy atom. The molecule has 0 bridgehead atoms. The van der Waals surface area contributed by atoms with Crippen molar-refractivity contribution in [1.29, 1.82) is 0 Å². The molecule has 0 heteroatoms. The molecule has 0 atom stereocenters. The lowest BCUT2D eigenvalue weighted by molar-refractivity contribution is 1.13. The zero-order valence-electron chi connectivity index (χ0n) is 10.4. The van der Waals surface area contributed by atoms with Gasteiger partial charge in [0.25, 0.3) is 0 Å². The molecule has 0 saturated carbocycles. The van der Waals surface area contributed by atoms with E-state index in [1.54, 1.807) is 0 Å². The van der Waals surface area contributed by atoms with E-state index >= 15 is 0 Å². The summed E-state index contributed by atoms with van der Waals surface area (Å²) in [6.07, 6.45) is 9.28. The molecule has 0 N–H and O–H groups in total. The third-order valence-corrected chi connectivity index (χ3v) is 1.98. The van der Waals surface area contributed by atoms with Gasteiger partial charge in [-0.3, -0.25) is 0 Å². The fourth-order valence-corrected chi connectivity index (χ4v) is 1.07. The molecule has 0 heterocycles. The minimum atomic E-state index is 1.00. The lowest BCUT2D eigenvalue weighted by Crippen LogP contribution is -1.83. The second-order valence-electron chi connectivity index (χ2n) is 3.99. The summed E-state index contributed by atoms with van der Waals surface area (Å²) in [5.41, 5.74) is 4.69. The summed E-state index contributed by atoms with van der Waals surface area (Å²) in [4.78, 5) is 0. The molecule has 0 rings (SSSR count). The van der Waals surface area contributed by atoms with Gasteiger partial charge in [-0.1, -0.05) is 55.5 Å². The van der Waals surface area contributed by atoms with Crippen molar-refractivity contribution in [2.24, 2.45) is 0 Å². The van der Waals surface area contributed by atoms with Gasteiger partial charge in [-0.15, -0.1) is 0 Å². The van der Waals surface area contributed by atoms with Gasteiger partial charge in [0.1, 0.15) is 0 Å². The highest BCUT2D eigenvalue weighted by Gasteiger charge is 1.94. The minimum absolute atomic E-state index is 1.00. The van der Waals surface area contributed by atoms with Crippen LogP contribution in [0.2, 0.25) is 0 Å². The Kier molecular flexibility index (Phi) is 6.44. The van der Waals surface area contributed by atoms with Gasteiger partial charge >= 0.3 is 0 Å². The second-order valence-corrected chi connectivity index (χ2v) is 3.99.